The molecule has 4 heterocycles. The van der Waals surface area contributed by atoms with Crippen molar-refractivity contribution in [1.82, 2.24) is 19.8 Å². The SMILES string of the molecule is O=C(CCc1nc2ccccc2c(=O)[nH]1)N1C[C@H]2C[C@@H](C1)C1CCCC(=O)N1C2. The fourth-order valence-electron chi connectivity index (χ4n) is 5.45. The van der Waals surface area contributed by atoms with Crippen LogP contribution < -0.4 is 5.56 Å². The van der Waals surface area contributed by atoms with Crippen molar-refractivity contribution >= 4 is 22.7 Å². The zero-order chi connectivity index (χ0) is 20.0. The lowest BCUT2D eigenvalue weighted by Crippen LogP contribution is -2.61. The van der Waals surface area contributed by atoms with Crippen LogP contribution in [-0.4, -0.2) is 57.3 Å². The molecular weight excluding hydrogens is 368 g/mol. The fraction of sp³-hybridized carbons (Fsp3) is 0.545. The van der Waals surface area contributed by atoms with E-state index in [2.05, 4.69) is 14.9 Å². The van der Waals surface area contributed by atoms with Crippen molar-refractivity contribution in [2.75, 3.05) is 19.6 Å². The predicted octanol–water partition coefficient (Wildman–Crippen LogP) is 1.72. The van der Waals surface area contributed by atoms with E-state index in [0.29, 0.717) is 59.8 Å². The molecular formula is C22H26N4O3. The van der Waals surface area contributed by atoms with E-state index >= 15 is 0 Å². The van der Waals surface area contributed by atoms with Crippen LogP contribution in [-0.2, 0) is 16.0 Å². The Morgan fingerprint density at radius 3 is 2.93 bits per heavy atom. The van der Waals surface area contributed by atoms with Crippen molar-refractivity contribution in [2.45, 2.75) is 44.6 Å². The van der Waals surface area contributed by atoms with Gasteiger partial charge in [-0.15, -0.1) is 0 Å². The van der Waals surface area contributed by atoms with Crippen LogP contribution >= 0.6 is 0 Å². The molecule has 0 radical (unpaired) electrons. The van der Waals surface area contributed by atoms with Gasteiger partial charge in [-0.05, 0) is 43.2 Å². The Labute approximate surface area is 169 Å². The van der Waals surface area contributed by atoms with Gasteiger partial charge in [-0.3, -0.25) is 14.4 Å². The highest BCUT2D eigenvalue weighted by Crippen LogP contribution is 2.38. The van der Waals surface area contributed by atoms with Gasteiger partial charge in [0.15, 0.2) is 0 Å². The maximum atomic E-state index is 12.9. The van der Waals surface area contributed by atoms with Crippen LogP contribution in [0.2, 0.25) is 0 Å². The van der Waals surface area contributed by atoms with Crippen LogP contribution in [0.4, 0.5) is 0 Å². The number of piperidine rings is 3. The van der Waals surface area contributed by atoms with Crippen LogP contribution in [0.3, 0.4) is 0 Å². The maximum absolute atomic E-state index is 12.9. The number of rotatable bonds is 3. The van der Waals surface area contributed by atoms with Crippen molar-refractivity contribution in [1.29, 1.82) is 0 Å². The smallest absolute Gasteiger partial charge is 0.258 e. The third-order valence-corrected chi connectivity index (χ3v) is 6.77. The third kappa shape index (κ3) is 3.43. The quantitative estimate of drug-likeness (QED) is 0.859. The molecule has 7 heteroatoms. The summed E-state index contributed by atoms with van der Waals surface area (Å²) < 4.78 is 0. The number of amides is 2. The second-order valence-electron chi connectivity index (χ2n) is 8.70. The summed E-state index contributed by atoms with van der Waals surface area (Å²) in [5.74, 6) is 1.75. The lowest BCUT2D eigenvalue weighted by atomic mass is 9.76. The number of carbonyl (C=O) groups excluding carboxylic acids is 2. The Morgan fingerprint density at radius 2 is 2.03 bits per heavy atom. The summed E-state index contributed by atoms with van der Waals surface area (Å²) in [6.07, 6.45) is 4.60. The molecule has 2 bridgehead atoms. The number of carbonyl (C=O) groups is 2. The molecule has 29 heavy (non-hydrogen) atoms. The van der Waals surface area contributed by atoms with Crippen LogP contribution in [0.15, 0.2) is 29.1 Å². The van der Waals surface area contributed by atoms with Crippen molar-refractivity contribution < 1.29 is 9.59 Å². The lowest BCUT2D eigenvalue weighted by Gasteiger charge is -2.52. The number of hydrogen-bond acceptors (Lipinski definition) is 4. The molecule has 7 nitrogen and oxygen atoms in total. The minimum absolute atomic E-state index is 0.117. The number of para-hydroxylation sites is 1. The van der Waals surface area contributed by atoms with E-state index in [1.54, 1.807) is 6.07 Å². The lowest BCUT2D eigenvalue weighted by molar-refractivity contribution is -0.148. The molecule has 2 aromatic rings. The molecule has 3 aliphatic heterocycles. The van der Waals surface area contributed by atoms with Crippen molar-refractivity contribution in [2.24, 2.45) is 11.8 Å². The molecule has 2 amide bonds. The first-order chi connectivity index (χ1) is 14.1. The van der Waals surface area contributed by atoms with Gasteiger partial charge < -0.3 is 14.8 Å². The first-order valence-electron chi connectivity index (χ1n) is 10.6. The van der Waals surface area contributed by atoms with E-state index in [1.165, 1.54) is 0 Å². The average molecular weight is 394 g/mol. The van der Waals surface area contributed by atoms with E-state index in [0.717, 1.165) is 38.9 Å². The molecule has 1 aromatic carbocycles. The zero-order valence-corrected chi connectivity index (χ0v) is 16.5. The standard InChI is InChI=1S/C22H26N4O3/c27-20(9-8-19-23-17-5-2-1-4-16(17)22(29)24-19)25-11-14-10-15(13-25)18-6-3-7-21(28)26(18)12-14/h1-2,4-5,14-15,18H,3,6-13H2,(H,23,24,29)/t14-,15+,18?/m1/s1. The summed E-state index contributed by atoms with van der Waals surface area (Å²) in [6.45, 7) is 2.27. The van der Waals surface area contributed by atoms with Crippen LogP contribution in [0.5, 0.6) is 0 Å². The number of aromatic amines is 1. The van der Waals surface area contributed by atoms with Crippen molar-refractivity contribution in [3.8, 4) is 0 Å². The Bertz CT molecular complexity index is 1020. The molecule has 0 saturated carbocycles. The first-order valence-corrected chi connectivity index (χ1v) is 10.6. The molecule has 0 aliphatic carbocycles. The first kappa shape index (κ1) is 18.3. The highest BCUT2D eigenvalue weighted by molar-refractivity contribution is 5.79. The third-order valence-electron chi connectivity index (χ3n) is 6.77. The van der Waals surface area contributed by atoms with E-state index in [9.17, 15) is 14.4 Å². The number of aryl methyl sites for hydroxylation is 1. The number of hydrogen-bond donors (Lipinski definition) is 1. The van der Waals surface area contributed by atoms with Crippen LogP contribution in [0.25, 0.3) is 10.9 Å². The highest BCUT2D eigenvalue weighted by Gasteiger charge is 2.44. The summed E-state index contributed by atoms with van der Waals surface area (Å²) in [6, 6.07) is 7.55. The molecule has 1 aromatic heterocycles. The molecule has 3 fully saturated rings. The van der Waals surface area contributed by atoms with Gasteiger partial charge in [0.1, 0.15) is 5.82 Å². The van der Waals surface area contributed by atoms with E-state index in [4.69, 9.17) is 0 Å². The van der Waals surface area contributed by atoms with Gasteiger partial charge in [-0.2, -0.15) is 0 Å². The molecule has 3 atom stereocenters. The van der Waals surface area contributed by atoms with Crippen molar-refractivity contribution in [3.05, 3.63) is 40.4 Å². The molecule has 0 spiro atoms. The number of likely N-dealkylation sites (tertiary alicyclic amines) is 1. The van der Waals surface area contributed by atoms with Crippen molar-refractivity contribution in [3.63, 3.8) is 0 Å². The van der Waals surface area contributed by atoms with Gasteiger partial charge in [0.2, 0.25) is 11.8 Å². The van der Waals surface area contributed by atoms with E-state index in [1.807, 2.05) is 23.1 Å². The van der Waals surface area contributed by atoms with Gasteiger partial charge in [-0.25, -0.2) is 4.98 Å². The predicted molar refractivity (Wildman–Crippen MR) is 108 cm³/mol. The molecule has 3 aliphatic rings. The summed E-state index contributed by atoms with van der Waals surface area (Å²) >= 11 is 0. The topological polar surface area (TPSA) is 86.4 Å². The van der Waals surface area contributed by atoms with Gasteiger partial charge in [0.05, 0.1) is 10.9 Å². The molecule has 5 rings (SSSR count). The van der Waals surface area contributed by atoms with E-state index < -0.39 is 0 Å². The number of nitrogens with one attached hydrogen (secondary N) is 1. The number of nitrogens with zero attached hydrogens (tertiary/aromatic N) is 3. The Kier molecular flexibility index (Phi) is 4.60. The van der Waals surface area contributed by atoms with Crippen LogP contribution in [0.1, 0.15) is 37.9 Å². The van der Waals surface area contributed by atoms with Gasteiger partial charge in [0, 0.05) is 44.9 Å². The maximum Gasteiger partial charge on any atom is 0.258 e. The minimum atomic E-state index is -0.160. The fourth-order valence-corrected chi connectivity index (χ4v) is 5.45. The molecule has 1 N–H and O–H groups in total. The van der Waals surface area contributed by atoms with Gasteiger partial charge in [-0.1, -0.05) is 12.1 Å². The average Bonchev–Trinajstić information content (AvgIpc) is 2.73. The Hall–Kier alpha value is -2.70. The zero-order valence-electron chi connectivity index (χ0n) is 16.5. The summed E-state index contributed by atoms with van der Waals surface area (Å²) in [4.78, 5) is 48.8. The molecule has 3 saturated heterocycles. The largest absolute Gasteiger partial charge is 0.342 e. The number of benzene rings is 1. The Morgan fingerprint density at radius 1 is 1.17 bits per heavy atom. The van der Waals surface area contributed by atoms with Crippen LogP contribution in [0, 0.1) is 11.8 Å². The Balaban J connectivity index is 1.25. The summed E-state index contributed by atoms with van der Waals surface area (Å²) in [5, 5.41) is 0.568. The summed E-state index contributed by atoms with van der Waals surface area (Å²) in [7, 11) is 0. The van der Waals surface area contributed by atoms with Gasteiger partial charge in [0.25, 0.3) is 5.56 Å². The molecule has 152 valence electrons. The number of H-pyrrole nitrogens is 1. The normalized spacial score (nSPS) is 26.5. The second kappa shape index (κ2) is 7.28. The van der Waals surface area contributed by atoms with Gasteiger partial charge >= 0.3 is 0 Å². The number of aromatic nitrogens is 2. The van der Waals surface area contributed by atoms with E-state index in [-0.39, 0.29) is 11.5 Å². The highest BCUT2D eigenvalue weighted by atomic mass is 16.2. The summed E-state index contributed by atoms with van der Waals surface area (Å²) in [5.41, 5.74) is 0.501. The second-order valence-corrected chi connectivity index (χ2v) is 8.70. The monoisotopic (exact) mass is 394 g/mol. The molecule has 1 unspecified atom stereocenters. The number of fused-ring (bicyclic) bond motifs is 5. The minimum Gasteiger partial charge on any atom is -0.342 e.